The fourth-order valence-corrected chi connectivity index (χ4v) is 2.14. The van der Waals surface area contributed by atoms with Gasteiger partial charge in [-0.15, -0.1) is 0 Å². The van der Waals surface area contributed by atoms with Gasteiger partial charge in [0.15, 0.2) is 0 Å². The summed E-state index contributed by atoms with van der Waals surface area (Å²) in [6.07, 6.45) is 0. The summed E-state index contributed by atoms with van der Waals surface area (Å²) in [5.41, 5.74) is 2.59. The van der Waals surface area contributed by atoms with E-state index in [1.54, 1.807) is 12.1 Å². The van der Waals surface area contributed by atoms with Gasteiger partial charge in [0.05, 0.1) is 5.56 Å². The van der Waals surface area contributed by atoms with Gasteiger partial charge >= 0.3 is 5.97 Å². The Hall–Kier alpha value is -0.870. The molecule has 2 N–H and O–H groups in total. The normalized spacial score (nSPS) is 14.2. The molecule has 0 atom stereocenters. The van der Waals surface area contributed by atoms with Crippen molar-refractivity contribution in [2.24, 2.45) is 0 Å². The van der Waals surface area contributed by atoms with Crippen LogP contribution in [-0.2, 0) is 13.1 Å². The first-order valence-corrected chi connectivity index (χ1v) is 4.73. The highest BCUT2D eigenvalue weighted by molar-refractivity contribution is 9.10. The Bertz CT molecular complexity index is 376. The quantitative estimate of drug-likeness (QED) is 0.788. The molecular formula is C9H8BrNO2. The van der Waals surface area contributed by atoms with E-state index in [4.69, 9.17) is 5.11 Å². The van der Waals surface area contributed by atoms with Crippen molar-refractivity contribution in [2.45, 2.75) is 13.1 Å². The van der Waals surface area contributed by atoms with Gasteiger partial charge in [0, 0.05) is 17.6 Å². The van der Waals surface area contributed by atoms with Gasteiger partial charge in [-0.25, -0.2) is 4.79 Å². The number of hydrogen-bond donors (Lipinski definition) is 2. The maximum atomic E-state index is 10.7. The predicted molar refractivity (Wildman–Crippen MR) is 51.6 cm³/mol. The molecule has 0 aromatic heterocycles. The van der Waals surface area contributed by atoms with Crippen LogP contribution >= 0.6 is 15.9 Å². The average molecular weight is 242 g/mol. The molecule has 1 aromatic carbocycles. The summed E-state index contributed by atoms with van der Waals surface area (Å²) in [6, 6.07) is 3.37. The molecular weight excluding hydrogens is 234 g/mol. The van der Waals surface area contributed by atoms with Gasteiger partial charge in [-0.1, -0.05) is 15.9 Å². The summed E-state index contributed by atoms with van der Waals surface area (Å²) in [5, 5.41) is 12.0. The van der Waals surface area contributed by atoms with Crippen LogP contribution in [0.1, 0.15) is 21.5 Å². The van der Waals surface area contributed by atoms with Gasteiger partial charge < -0.3 is 10.4 Å². The van der Waals surface area contributed by atoms with E-state index >= 15 is 0 Å². The molecule has 0 aliphatic carbocycles. The lowest BCUT2D eigenvalue weighted by Gasteiger charge is -2.02. The summed E-state index contributed by atoms with van der Waals surface area (Å²) in [7, 11) is 0. The molecule has 0 bridgehead atoms. The molecule has 0 spiro atoms. The second kappa shape index (κ2) is 3.12. The molecule has 0 unspecified atom stereocenters. The third-order valence-electron chi connectivity index (χ3n) is 2.15. The Morgan fingerprint density at radius 2 is 2.23 bits per heavy atom. The highest BCUT2D eigenvalue weighted by atomic mass is 79.9. The van der Waals surface area contributed by atoms with E-state index in [-0.39, 0.29) is 0 Å². The van der Waals surface area contributed by atoms with Gasteiger partial charge in [-0.2, -0.15) is 0 Å². The Balaban J connectivity index is 2.55. The first kappa shape index (κ1) is 8.72. The second-order valence-corrected chi connectivity index (χ2v) is 3.86. The number of aromatic carboxylic acids is 1. The molecule has 13 heavy (non-hydrogen) atoms. The predicted octanol–water partition coefficient (Wildman–Crippen LogP) is 1.75. The first-order chi connectivity index (χ1) is 6.18. The van der Waals surface area contributed by atoms with Crippen LogP contribution in [0.3, 0.4) is 0 Å². The van der Waals surface area contributed by atoms with E-state index in [0.29, 0.717) is 5.56 Å². The fourth-order valence-electron chi connectivity index (χ4n) is 1.49. The molecule has 1 heterocycles. The average Bonchev–Trinajstić information content (AvgIpc) is 2.51. The summed E-state index contributed by atoms with van der Waals surface area (Å²) in [4.78, 5) is 10.7. The Labute approximate surface area is 83.9 Å². The number of carboxylic acid groups (broad SMARTS) is 1. The van der Waals surface area contributed by atoms with Crippen LogP contribution in [0.2, 0.25) is 0 Å². The Morgan fingerprint density at radius 3 is 2.92 bits per heavy atom. The smallest absolute Gasteiger partial charge is 0.335 e. The number of nitrogens with one attached hydrogen (secondary N) is 1. The number of halogens is 1. The lowest BCUT2D eigenvalue weighted by Crippen LogP contribution is -2.00. The number of hydrogen-bond acceptors (Lipinski definition) is 2. The van der Waals surface area contributed by atoms with Crippen molar-refractivity contribution >= 4 is 21.9 Å². The maximum absolute atomic E-state index is 10.7. The van der Waals surface area contributed by atoms with Gasteiger partial charge in [-0.3, -0.25) is 0 Å². The topological polar surface area (TPSA) is 49.3 Å². The fraction of sp³-hybridized carbons (Fsp3) is 0.222. The van der Waals surface area contributed by atoms with E-state index in [9.17, 15) is 4.79 Å². The number of carboxylic acids is 1. The minimum atomic E-state index is -0.879. The number of benzene rings is 1. The largest absolute Gasteiger partial charge is 0.478 e. The number of fused-ring (bicyclic) bond motifs is 1. The van der Waals surface area contributed by atoms with Crippen LogP contribution in [-0.4, -0.2) is 11.1 Å². The van der Waals surface area contributed by atoms with Crippen molar-refractivity contribution in [1.29, 1.82) is 0 Å². The molecule has 4 heteroatoms. The SMILES string of the molecule is O=C(O)c1cc(Br)c2c(c1)CNC2. The third kappa shape index (κ3) is 1.47. The molecule has 1 aliphatic heterocycles. The molecule has 3 nitrogen and oxygen atoms in total. The van der Waals surface area contributed by atoms with E-state index in [0.717, 1.165) is 23.1 Å². The van der Waals surface area contributed by atoms with Gasteiger partial charge in [0.25, 0.3) is 0 Å². The number of rotatable bonds is 1. The molecule has 2 rings (SSSR count). The van der Waals surface area contributed by atoms with Crippen LogP contribution in [0.5, 0.6) is 0 Å². The van der Waals surface area contributed by atoms with Crippen molar-refractivity contribution in [3.05, 3.63) is 33.3 Å². The van der Waals surface area contributed by atoms with E-state index < -0.39 is 5.97 Å². The maximum Gasteiger partial charge on any atom is 0.335 e. The van der Waals surface area contributed by atoms with Gasteiger partial charge in [-0.05, 0) is 23.3 Å². The van der Waals surface area contributed by atoms with Crippen molar-refractivity contribution in [3.63, 3.8) is 0 Å². The summed E-state index contributed by atoms with van der Waals surface area (Å²) in [6.45, 7) is 1.57. The van der Waals surface area contributed by atoms with Crippen LogP contribution < -0.4 is 5.32 Å². The molecule has 1 aromatic rings. The standard InChI is InChI=1S/C9H8BrNO2/c10-8-2-5(9(12)13)1-6-3-11-4-7(6)8/h1-2,11H,3-4H2,(H,12,13). The third-order valence-corrected chi connectivity index (χ3v) is 2.86. The lowest BCUT2D eigenvalue weighted by molar-refractivity contribution is 0.0696. The number of carbonyl (C=O) groups is 1. The minimum Gasteiger partial charge on any atom is -0.478 e. The zero-order chi connectivity index (χ0) is 9.42. The van der Waals surface area contributed by atoms with Crippen LogP contribution in [0.25, 0.3) is 0 Å². The minimum absolute atomic E-state index is 0.342. The van der Waals surface area contributed by atoms with Gasteiger partial charge in [0.2, 0.25) is 0 Å². The molecule has 68 valence electrons. The zero-order valence-corrected chi connectivity index (χ0v) is 8.39. The summed E-state index contributed by atoms with van der Waals surface area (Å²) >= 11 is 3.36. The molecule has 0 radical (unpaired) electrons. The van der Waals surface area contributed by atoms with Crippen LogP contribution in [0, 0.1) is 0 Å². The first-order valence-electron chi connectivity index (χ1n) is 3.94. The monoisotopic (exact) mass is 241 g/mol. The van der Waals surface area contributed by atoms with Crippen molar-refractivity contribution in [3.8, 4) is 0 Å². The molecule has 0 amide bonds. The van der Waals surface area contributed by atoms with E-state index in [1.165, 1.54) is 5.56 Å². The van der Waals surface area contributed by atoms with Crippen molar-refractivity contribution in [2.75, 3.05) is 0 Å². The van der Waals surface area contributed by atoms with Crippen LogP contribution in [0.4, 0.5) is 0 Å². The lowest BCUT2D eigenvalue weighted by atomic mass is 10.1. The highest BCUT2D eigenvalue weighted by Crippen LogP contribution is 2.26. The van der Waals surface area contributed by atoms with Gasteiger partial charge in [0.1, 0.15) is 0 Å². The Kier molecular flexibility index (Phi) is 2.09. The molecule has 0 fully saturated rings. The molecule has 0 saturated heterocycles. The molecule has 1 aliphatic rings. The van der Waals surface area contributed by atoms with Crippen molar-refractivity contribution < 1.29 is 9.90 Å². The van der Waals surface area contributed by atoms with Crippen molar-refractivity contribution in [1.82, 2.24) is 5.32 Å². The van der Waals surface area contributed by atoms with Crippen LogP contribution in [0.15, 0.2) is 16.6 Å². The van der Waals surface area contributed by atoms with E-state index in [1.807, 2.05) is 0 Å². The highest BCUT2D eigenvalue weighted by Gasteiger charge is 2.16. The summed E-state index contributed by atoms with van der Waals surface area (Å²) < 4.78 is 0.882. The zero-order valence-electron chi connectivity index (χ0n) is 6.80. The Morgan fingerprint density at radius 1 is 1.46 bits per heavy atom. The van der Waals surface area contributed by atoms with E-state index in [2.05, 4.69) is 21.2 Å². The summed E-state index contributed by atoms with van der Waals surface area (Å²) in [5.74, 6) is -0.879. The molecule has 0 saturated carbocycles. The second-order valence-electron chi connectivity index (χ2n) is 3.00.